The van der Waals surface area contributed by atoms with Gasteiger partial charge in [-0.15, -0.1) is 0 Å². The van der Waals surface area contributed by atoms with Gasteiger partial charge in [0, 0.05) is 23.9 Å². The number of hydrogen-bond donors (Lipinski definition) is 2. The van der Waals surface area contributed by atoms with E-state index in [1.165, 1.54) is 24.8 Å². The van der Waals surface area contributed by atoms with Crippen LogP contribution in [0, 0.1) is 0 Å². The molecule has 4 nitrogen and oxygen atoms in total. The van der Waals surface area contributed by atoms with E-state index in [0.29, 0.717) is 10.7 Å². The monoisotopic (exact) mass is 280 g/mol. The maximum absolute atomic E-state index is 4.43. The molecule has 19 heavy (non-hydrogen) atoms. The number of rotatable bonds is 6. The van der Waals surface area contributed by atoms with Crippen LogP contribution in [-0.2, 0) is 0 Å². The van der Waals surface area contributed by atoms with Gasteiger partial charge in [-0.1, -0.05) is 20.3 Å². The molecule has 1 fully saturated rings. The summed E-state index contributed by atoms with van der Waals surface area (Å²) in [5.41, 5.74) is 1.18. The summed E-state index contributed by atoms with van der Waals surface area (Å²) in [5, 5.41) is 6.71. The van der Waals surface area contributed by atoms with E-state index < -0.39 is 0 Å². The lowest BCUT2D eigenvalue weighted by Gasteiger charge is -2.40. The summed E-state index contributed by atoms with van der Waals surface area (Å²) in [7, 11) is 1.91. The molecule has 1 aliphatic rings. The van der Waals surface area contributed by atoms with Crippen molar-refractivity contribution in [1.82, 2.24) is 9.97 Å². The van der Waals surface area contributed by atoms with E-state index in [2.05, 4.69) is 40.7 Å². The molecule has 0 amide bonds. The van der Waals surface area contributed by atoms with Crippen molar-refractivity contribution in [3.05, 3.63) is 11.9 Å². The lowest BCUT2D eigenvalue weighted by atomic mass is 9.84. The van der Waals surface area contributed by atoms with Gasteiger partial charge in [0.2, 0.25) is 0 Å². The van der Waals surface area contributed by atoms with Gasteiger partial charge < -0.3 is 10.6 Å². The highest BCUT2D eigenvalue weighted by Gasteiger charge is 2.36. The maximum Gasteiger partial charge on any atom is 0.135 e. The van der Waals surface area contributed by atoms with Gasteiger partial charge in [-0.25, -0.2) is 9.97 Å². The summed E-state index contributed by atoms with van der Waals surface area (Å²) in [6.45, 7) is 5.35. The minimum atomic E-state index is 0.401. The average Bonchev–Trinajstić information content (AvgIpc) is 2.37. The normalized spacial score (nSPS) is 17.1. The van der Waals surface area contributed by atoms with Gasteiger partial charge >= 0.3 is 0 Å². The Bertz CT molecular complexity index is 424. The minimum absolute atomic E-state index is 0.401. The third-order valence-electron chi connectivity index (χ3n) is 3.97. The van der Waals surface area contributed by atoms with E-state index in [9.17, 15) is 0 Å². The topological polar surface area (TPSA) is 49.8 Å². The zero-order valence-electron chi connectivity index (χ0n) is 12.3. The fourth-order valence-corrected chi connectivity index (χ4v) is 3.46. The molecule has 0 unspecified atom stereocenters. The van der Waals surface area contributed by atoms with Crippen molar-refractivity contribution in [2.45, 2.75) is 43.8 Å². The van der Waals surface area contributed by atoms with Crippen molar-refractivity contribution in [2.24, 2.45) is 0 Å². The Kier molecular flexibility index (Phi) is 4.55. The summed E-state index contributed by atoms with van der Waals surface area (Å²) in [6, 6.07) is 0. The molecule has 0 aromatic carbocycles. The second-order valence-electron chi connectivity index (χ2n) is 5.48. The molecule has 0 spiro atoms. The molecule has 1 aromatic heterocycles. The smallest absolute Gasteiger partial charge is 0.135 e. The molecule has 2 N–H and O–H groups in total. The zero-order valence-corrected chi connectivity index (χ0v) is 13.1. The van der Waals surface area contributed by atoms with Gasteiger partial charge in [0.25, 0.3) is 0 Å². The first kappa shape index (κ1) is 14.4. The molecular weight excluding hydrogens is 256 g/mol. The number of hydrogen-bond acceptors (Lipinski definition) is 5. The fourth-order valence-electron chi connectivity index (χ4n) is 2.55. The van der Waals surface area contributed by atoms with Gasteiger partial charge in [-0.05, 0) is 25.0 Å². The molecule has 0 bridgehead atoms. The van der Waals surface area contributed by atoms with Crippen LogP contribution in [0.25, 0.3) is 0 Å². The number of thioether (sulfide) groups is 1. The third-order valence-corrected chi connectivity index (χ3v) is 5.39. The van der Waals surface area contributed by atoms with Crippen LogP contribution in [0.1, 0.15) is 44.6 Å². The number of nitrogens with zero attached hydrogens (tertiary/aromatic N) is 2. The first-order chi connectivity index (χ1) is 9.12. The maximum atomic E-state index is 4.43. The Labute approximate surface area is 120 Å². The molecule has 0 saturated heterocycles. The summed E-state index contributed by atoms with van der Waals surface area (Å²) in [5.74, 6) is 2.31. The molecule has 0 radical (unpaired) electrons. The van der Waals surface area contributed by atoms with E-state index in [-0.39, 0.29) is 0 Å². The molecule has 0 atom stereocenters. The second kappa shape index (κ2) is 5.99. The Hall–Kier alpha value is -0.970. The number of anilines is 2. The van der Waals surface area contributed by atoms with Crippen molar-refractivity contribution in [3.8, 4) is 0 Å². The lowest BCUT2D eigenvalue weighted by molar-refractivity contribution is 0.379. The van der Waals surface area contributed by atoms with Crippen molar-refractivity contribution in [3.63, 3.8) is 0 Å². The van der Waals surface area contributed by atoms with Crippen LogP contribution >= 0.6 is 11.8 Å². The van der Waals surface area contributed by atoms with E-state index >= 15 is 0 Å². The predicted molar refractivity (Wildman–Crippen MR) is 84.3 cm³/mol. The summed E-state index contributed by atoms with van der Waals surface area (Å²) in [4.78, 5) is 8.74. The average molecular weight is 280 g/mol. The fraction of sp³-hybridized carbons (Fsp3) is 0.714. The first-order valence-corrected chi connectivity index (χ1v) is 8.16. The number of aromatic nitrogens is 2. The van der Waals surface area contributed by atoms with Crippen LogP contribution < -0.4 is 10.6 Å². The summed E-state index contributed by atoms with van der Waals surface area (Å²) in [6.07, 6.45) is 7.81. The quantitative estimate of drug-likeness (QED) is 0.837. The third kappa shape index (κ3) is 2.96. The van der Waals surface area contributed by atoms with Crippen molar-refractivity contribution >= 4 is 23.4 Å². The standard InChI is InChI=1S/C14H24N4S/c1-10(2)11-12(15-3)17-9-18-13(11)16-8-14(19-4)6-5-7-14/h9-10H,5-8H2,1-4H3,(H2,15,16,17,18). The Balaban J connectivity index is 2.15. The van der Waals surface area contributed by atoms with Gasteiger partial charge in [-0.3, -0.25) is 0 Å². The summed E-state index contributed by atoms with van der Waals surface area (Å²) >= 11 is 1.98. The van der Waals surface area contributed by atoms with Crippen LogP contribution in [0.5, 0.6) is 0 Å². The van der Waals surface area contributed by atoms with E-state index in [1.807, 2.05) is 18.8 Å². The van der Waals surface area contributed by atoms with Gasteiger partial charge in [0.1, 0.15) is 18.0 Å². The molecular formula is C14H24N4S. The highest BCUT2D eigenvalue weighted by Crippen LogP contribution is 2.43. The van der Waals surface area contributed by atoms with Crippen LogP contribution in [-0.4, -0.2) is 34.6 Å². The molecule has 106 valence electrons. The van der Waals surface area contributed by atoms with Crippen molar-refractivity contribution in [1.29, 1.82) is 0 Å². The predicted octanol–water partition coefficient (Wildman–Crippen LogP) is 3.34. The molecule has 1 saturated carbocycles. The van der Waals surface area contributed by atoms with Gasteiger partial charge in [0.15, 0.2) is 0 Å². The molecule has 0 aliphatic heterocycles. The second-order valence-corrected chi connectivity index (χ2v) is 6.76. The molecule has 2 rings (SSSR count). The lowest BCUT2D eigenvalue weighted by Crippen LogP contribution is -2.40. The molecule has 1 heterocycles. The minimum Gasteiger partial charge on any atom is -0.373 e. The van der Waals surface area contributed by atoms with E-state index in [4.69, 9.17) is 0 Å². The van der Waals surface area contributed by atoms with Gasteiger partial charge in [0.05, 0.1) is 0 Å². The van der Waals surface area contributed by atoms with Gasteiger partial charge in [-0.2, -0.15) is 11.8 Å². The SMILES string of the molecule is CNc1ncnc(NCC2(SC)CCC2)c1C(C)C. The highest BCUT2D eigenvalue weighted by molar-refractivity contribution is 8.00. The van der Waals surface area contributed by atoms with Crippen molar-refractivity contribution < 1.29 is 0 Å². The molecule has 5 heteroatoms. The Morgan fingerprint density at radius 2 is 2.00 bits per heavy atom. The highest BCUT2D eigenvalue weighted by atomic mass is 32.2. The van der Waals surface area contributed by atoms with Crippen LogP contribution in [0.4, 0.5) is 11.6 Å². The number of nitrogens with one attached hydrogen (secondary N) is 2. The molecule has 1 aliphatic carbocycles. The first-order valence-electron chi connectivity index (χ1n) is 6.93. The summed E-state index contributed by atoms with van der Waals surface area (Å²) < 4.78 is 0.416. The van der Waals surface area contributed by atoms with E-state index in [0.717, 1.165) is 18.2 Å². The van der Waals surface area contributed by atoms with Crippen molar-refractivity contribution in [2.75, 3.05) is 30.5 Å². The largest absolute Gasteiger partial charge is 0.373 e. The Morgan fingerprint density at radius 1 is 1.32 bits per heavy atom. The molecule has 1 aromatic rings. The Morgan fingerprint density at radius 3 is 2.47 bits per heavy atom. The van der Waals surface area contributed by atoms with Crippen LogP contribution in [0.15, 0.2) is 6.33 Å². The zero-order chi connectivity index (χ0) is 13.9. The van der Waals surface area contributed by atoms with Crippen LogP contribution in [0.2, 0.25) is 0 Å². The van der Waals surface area contributed by atoms with Crippen LogP contribution in [0.3, 0.4) is 0 Å². The van der Waals surface area contributed by atoms with E-state index in [1.54, 1.807) is 6.33 Å².